The second-order valence-corrected chi connectivity index (χ2v) is 6.30. The summed E-state index contributed by atoms with van der Waals surface area (Å²) in [6.07, 6.45) is 10.0. The molecule has 0 aromatic rings. The number of hydrogen-bond acceptors (Lipinski definition) is 2. The fourth-order valence-corrected chi connectivity index (χ4v) is 2.59. The molecule has 0 bridgehead atoms. The van der Waals surface area contributed by atoms with Gasteiger partial charge in [0, 0.05) is 13.1 Å². The van der Waals surface area contributed by atoms with E-state index in [-0.39, 0.29) is 6.03 Å². The van der Waals surface area contributed by atoms with Gasteiger partial charge in [-0.3, -0.25) is 9.69 Å². The molecule has 1 N–H and O–H groups in total. The Labute approximate surface area is 131 Å². The highest BCUT2D eigenvalue weighted by Gasteiger charge is 2.25. The van der Waals surface area contributed by atoms with Crippen LogP contribution >= 0.6 is 23.2 Å². The molecule has 1 rings (SSSR count). The largest absolute Gasteiger partial charge is 0.338 e. The van der Waals surface area contributed by atoms with Gasteiger partial charge in [-0.1, -0.05) is 68.1 Å². The van der Waals surface area contributed by atoms with E-state index in [0.29, 0.717) is 13.1 Å². The maximum Gasteiger partial charge on any atom is 0.324 e. The molecule has 0 radical (unpaired) electrons. The van der Waals surface area contributed by atoms with Crippen LogP contribution in [0.25, 0.3) is 0 Å². The Kier molecular flexibility index (Phi) is 9.03. The van der Waals surface area contributed by atoms with E-state index < -0.39 is 10.7 Å². The van der Waals surface area contributed by atoms with Gasteiger partial charge in [-0.25, -0.2) is 4.79 Å². The number of alkyl halides is 2. The lowest BCUT2D eigenvalue weighted by atomic mass is 10.1. The minimum atomic E-state index is -1.18. The first kappa shape index (κ1) is 17.6. The summed E-state index contributed by atoms with van der Waals surface area (Å²) in [6, 6.07) is -0.377. The first-order valence-corrected chi connectivity index (χ1v) is 8.37. The summed E-state index contributed by atoms with van der Waals surface area (Å²) < 4.78 is 0. The van der Waals surface area contributed by atoms with Gasteiger partial charge in [-0.05, 0) is 12.8 Å². The van der Waals surface area contributed by atoms with Crippen LogP contribution in [-0.2, 0) is 4.79 Å². The van der Waals surface area contributed by atoms with E-state index in [4.69, 9.17) is 23.2 Å². The molecule has 0 aromatic carbocycles. The Hall–Kier alpha value is -0.480. The predicted octanol–water partition coefficient (Wildman–Crippen LogP) is 3.85. The standard InChI is InChI=1S/C14H24Cl2N2O2/c15-12(16)13(19)18-11-9-7-5-3-1-2-4-6-8-10-17-14(18)20/h12H,1-11H2,(H,17,20). The second kappa shape index (κ2) is 10.3. The third-order valence-corrected chi connectivity index (χ3v) is 3.91. The van der Waals surface area contributed by atoms with E-state index in [9.17, 15) is 9.59 Å². The van der Waals surface area contributed by atoms with Crippen LogP contribution in [-0.4, -0.2) is 34.8 Å². The van der Waals surface area contributed by atoms with Gasteiger partial charge in [0.25, 0.3) is 5.91 Å². The van der Waals surface area contributed by atoms with Crippen LogP contribution in [0.15, 0.2) is 0 Å². The van der Waals surface area contributed by atoms with Crippen LogP contribution < -0.4 is 5.32 Å². The highest BCUT2D eigenvalue weighted by Crippen LogP contribution is 2.13. The smallest absolute Gasteiger partial charge is 0.324 e. The van der Waals surface area contributed by atoms with Gasteiger partial charge in [0.2, 0.25) is 0 Å². The summed E-state index contributed by atoms with van der Waals surface area (Å²) in [5.41, 5.74) is 0. The summed E-state index contributed by atoms with van der Waals surface area (Å²) in [6.45, 7) is 0.985. The molecule has 116 valence electrons. The van der Waals surface area contributed by atoms with Crippen LogP contribution in [0.2, 0.25) is 0 Å². The van der Waals surface area contributed by atoms with Gasteiger partial charge >= 0.3 is 6.03 Å². The number of urea groups is 1. The van der Waals surface area contributed by atoms with Crippen molar-refractivity contribution in [2.45, 2.75) is 62.6 Å². The van der Waals surface area contributed by atoms with Crippen molar-refractivity contribution < 1.29 is 9.59 Å². The number of nitrogens with one attached hydrogen (secondary N) is 1. The summed E-state index contributed by atoms with van der Waals surface area (Å²) in [5, 5.41) is 2.77. The lowest BCUT2D eigenvalue weighted by Crippen LogP contribution is -2.46. The minimum absolute atomic E-state index is 0.377. The monoisotopic (exact) mass is 322 g/mol. The average molecular weight is 323 g/mol. The molecule has 3 amide bonds. The predicted molar refractivity (Wildman–Crippen MR) is 82.2 cm³/mol. The lowest BCUT2D eigenvalue weighted by molar-refractivity contribution is -0.126. The Morgan fingerprint density at radius 1 is 0.950 bits per heavy atom. The number of rotatable bonds is 1. The number of carbonyl (C=O) groups excluding carboxylic acids is 2. The number of carbonyl (C=O) groups is 2. The van der Waals surface area contributed by atoms with Gasteiger partial charge in [0.05, 0.1) is 0 Å². The van der Waals surface area contributed by atoms with Crippen molar-refractivity contribution in [2.75, 3.05) is 13.1 Å². The van der Waals surface area contributed by atoms with Crippen molar-refractivity contribution in [3.63, 3.8) is 0 Å². The number of amides is 3. The molecule has 6 heteroatoms. The number of nitrogens with zero attached hydrogens (tertiary/aromatic N) is 1. The zero-order valence-electron chi connectivity index (χ0n) is 11.9. The quantitative estimate of drug-likeness (QED) is 0.745. The molecular formula is C14H24Cl2N2O2. The zero-order valence-corrected chi connectivity index (χ0v) is 13.4. The molecule has 1 aliphatic rings. The molecule has 0 aromatic heterocycles. The molecule has 20 heavy (non-hydrogen) atoms. The third kappa shape index (κ3) is 6.80. The van der Waals surface area contributed by atoms with Crippen molar-refractivity contribution in [3.05, 3.63) is 0 Å². The molecule has 0 spiro atoms. The molecule has 1 heterocycles. The summed E-state index contributed by atoms with van der Waals surface area (Å²) in [5.74, 6) is -0.530. The maximum atomic E-state index is 12.0. The number of hydrogen-bond donors (Lipinski definition) is 1. The molecule has 1 fully saturated rings. The van der Waals surface area contributed by atoms with E-state index in [1.54, 1.807) is 0 Å². The maximum absolute atomic E-state index is 12.0. The molecule has 0 saturated carbocycles. The van der Waals surface area contributed by atoms with Crippen LogP contribution in [0.5, 0.6) is 0 Å². The van der Waals surface area contributed by atoms with Gasteiger partial charge in [0.15, 0.2) is 4.84 Å². The number of halogens is 2. The second-order valence-electron chi connectivity index (χ2n) is 5.20. The molecular weight excluding hydrogens is 299 g/mol. The summed E-state index contributed by atoms with van der Waals surface area (Å²) >= 11 is 11.2. The van der Waals surface area contributed by atoms with Gasteiger partial charge < -0.3 is 5.32 Å². The molecule has 1 saturated heterocycles. The van der Waals surface area contributed by atoms with E-state index in [1.807, 2.05) is 0 Å². The van der Waals surface area contributed by atoms with Crippen molar-refractivity contribution in [1.29, 1.82) is 0 Å². The van der Waals surface area contributed by atoms with E-state index >= 15 is 0 Å². The van der Waals surface area contributed by atoms with E-state index in [0.717, 1.165) is 37.0 Å². The molecule has 0 aliphatic carbocycles. The lowest BCUT2D eigenvalue weighted by Gasteiger charge is -2.22. The Morgan fingerprint density at radius 3 is 2.00 bits per heavy atom. The van der Waals surface area contributed by atoms with E-state index in [2.05, 4.69) is 5.32 Å². The highest BCUT2D eigenvalue weighted by atomic mass is 35.5. The SMILES string of the molecule is O=C1NCCCCCCCCCCCN1C(=O)C(Cl)Cl. The molecule has 0 unspecified atom stereocenters. The Balaban J connectivity index is 2.54. The third-order valence-electron chi connectivity index (χ3n) is 3.53. The van der Waals surface area contributed by atoms with Crippen molar-refractivity contribution >= 4 is 35.1 Å². The van der Waals surface area contributed by atoms with Crippen LogP contribution in [0.1, 0.15) is 57.8 Å². The fraction of sp³-hybridized carbons (Fsp3) is 0.857. The Bertz CT molecular complexity index is 312. The van der Waals surface area contributed by atoms with Crippen LogP contribution in [0.3, 0.4) is 0 Å². The van der Waals surface area contributed by atoms with Crippen molar-refractivity contribution in [1.82, 2.24) is 10.2 Å². The fourth-order valence-electron chi connectivity index (χ4n) is 2.35. The molecule has 4 nitrogen and oxygen atoms in total. The molecule has 1 aliphatic heterocycles. The van der Waals surface area contributed by atoms with Crippen molar-refractivity contribution in [2.24, 2.45) is 0 Å². The number of imide groups is 1. The van der Waals surface area contributed by atoms with Crippen LogP contribution in [0.4, 0.5) is 4.79 Å². The average Bonchev–Trinajstić information content (AvgIpc) is 2.42. The minimum Gasteiger partial charge on any atom is -0.338 e. The highest BCUT2D eigenvalue weighted by molar-refractivity contribution is 6.53. The normalized spacial score (nSPS) is 20.4. The zero-order chi connectivity index (χ0) is 14.8. The molecule has 0 atom stereocenters. The Morgan fingerprint density at radius 2 is 1.45 bits per heavy atom. The van der Waals surface area contributed by atoms with Gasteiger partial charge in [-0.2, -0.15) is 0 Å². The van der Waals surface area contributed by atoms with E-state index in [1.165, 1.54) is 25.7 Å². The van der Waals surface area contributed by atoms with Gasteiger partial charge in [0.1, 0.15) is 0 Å². The van der Waals surface area contributed by atoms with Gasteiger partial charge in [-0.15, -0.1) is 0 Å². The van der Waals surface area contributed by atoms with Crippen molar-refractivity contribution in [3.8, 4) is 0 Å². The van der Waals surface area contributed by atoms with Crippen LogP contribution in [0, 0.1) is 0 Å². The first-order valence-electron chi connectivity index (χ1n) is 7.50. The topological polar surface area (TPSA) is 49.4 Å². The summed E-state index contributed by atoms with van der Waals surface area (Å²) in [7, 11) is 0. The summed E-state index contributed by atoms with van der Waals surface area (Å²) in [4.78, 5) is 23.8. The first-order chi connectivity index (χ1) is 9.63.